The fourth-order valence-electron chi connectivity index (χ4n) is 4.96. The second-order valence-electron chi connectivity index (χ2n) is 8.92. The van der Waals surface area contributed by atoms with Crippen molar-refractivity contribution in [3.05, 3.63) is 88.5 Å². The van der Waals surface area contributed by atoms with Gasteiger partial charge in [0.05, 0.1) is 17.1 Å². The first-order valence-electron chi connectivity index (χ1n) is 11.3. The standard InChI is InChI=1S/C27H21F2N5O/c1-33-12-18(13-33)34-25-8-5-16(10-24(25)32-27(34)31-15-30)9-21-19-3-2-4-23(29)22(19)14-35-26-11-17(28)6-7-20(21)26/h2-11,18H,12-14H2,1H3,(H,31,32). The van der Waals surface area contributed by atoms with Crippen LogP contribution < -0.4 is 10.1 Å². The number of imidazole rings is 1. The van der Waals surface area contributed by atoms with E-state index in [1.807, 2.05) is 36.5 Å². The van der Waals surface area contributed by atoms with E-state index in [4.69, 9.17) is 4.74 Å². The van der Waals surface area contributed by atoms with Gasteiger partial charge in [-0.15, -0.1) is 0 Å². The molecule has 0 unspecified atom stereocenters. The van der Waals surface area contributed by atoms with Crippen molar-refractivity contribution < 1.29 is 13.5 Å². The Bertz CT molecular complexity index is 1550. The number of rotatable bonds is 3. The number of hydrogen-bond acceptors (Lipinski definition) is 5. The summed E-state index contributed by atoms with van der Waals surface area (Å²) in [6.07, 6.45) is 3.92. The molecule has 0 amide bonds. The van der Waals surface area contributed by atoms with Crippen molar-refractivity contribution in [1.82, 2.24) is 14.5 Å². The number of aromatic nitrogens is 2. The zero-order valence-corrected chi connectivity index (χ0v) is 18.9. The van der Waals surface area contributed by atoms with Gasteiger partial charge in [0, 0.05) is 30.3 Å². The van der Waals surface area contributed by atoms with Crippen molar-refractivity contribution in [2.45, 2.75) is 12.6 Å². The van der Waals surface area contributed by atoms with E-state index in [1.165, 1.54) is 18.2 Å². The van der Waals surface area contributed by atoms with Gasteiger partial charge in [-0.2, -0.15) is 5.26 Å². The molecule has 8 heteroatoms. The summed E-state index contributed by atoms with van der Waals surface area (Å²) in [5, 5.41) is 11.9. The highest BCUT2D eigenvalue weighted by Crippen LogP contribution is 2.39. The lowest BCUT2D eigenvalue weighted by molar-refractivity contribution is 0.145. The van der Waals surface area contributed by atoms with Crippen molar-refractivity contribution in [3.8, 4) is 11.9 Å². The smallest absolute Gasteiger partial charge is 0.217 e. The third kappa shape index (κ3) is 3.61. The molecule has 1 aromatic heterocycles. The molecule has 6 nitrogen and oxygen atoms in total. The molecular formula is C27H21F2N5O. The maximum absolute atomic E-state index is 14.7. The van der Waals surface area contributed by atoms with Gasteiger partial charge >= 0.3 is 0 Å². The minimum absolute atomic E-state index is 0.0122. The lowest BCUT2D eigenvalue weighted by Crippen LogP contribution is -2.45. The van der Waals surface area contributed by atoms with Crippen LogP contribution in [0.25, 0.3) is 22.7 Å². The molecule has 2 aliphatic heterocycles. The number of nitrogens with one attached hydrogen (secondary N) is 1. The second-order valence-corrected chi connectivity index (χ2v) is 8.92. The molecule has 35 heavy (non-hydrogen) atoms. The Labute approximate surface area is 200 Å². The van der Waals surface area contributed by atoms with Crippen LogP contribution in [-0.4, -0.2) is 34.6 Å². The lowest BCUT2D eigenvalue weighted by atomic mass is 9.92. The van der Waals surface area contributed by atoms with Crippen LogP contribution in [0, 0.1) is 23.1 Å². The minimum atomic E-state index is -0.416. The first-order chi connectivity index (χ1) is 17.0. The first kappa shape index (κ1) is 21.3. The van der Waals surface area contributed by atoms with E-state index in [0.717, 1.165) is 35.3 Å². The number of likely N-dealkylation sites (tertiary alicyclic amines) is 1. The number of halogens is 2. The van der Waals surface area contributed by atoms with E-state index in [1.54, 1.807) is 12.1 Å². The van der Waals surface area contributed by atoms with Crippen LogP contribution in [0.5, 0.6) is 5.75 Å². The Balaban J connectivity index is 1.51. The highest BCUT2D eigenvalue weighted by atomic mass is 19.1. The van der Waals surface area contributed by atoms with Gasteiger partial charge in [0.15, 0.2) is 6.19 Å². The van der Waals surface area contributed by atoms with Gasteiger partial charge in [-0.1, -0.05) is 18.2 Å². The first-order valence-corrected chi connectivity index (χ1v) is 11.3. The summed E-state index contributed by atoms with van der Waals surface area (Å²) in [4.78, 5) is 6.87. The molecule has 4 aromatic rings. The molecule has 1 saturated heterocycles. The van der Waals surface area contributed by atoms with Gasteiger partial charge in [-0.3, -0.25) is 5.32 Å². The third-order valence-electron chi connectivity index (χ3n) is 6.62. The molecule has 0 aliphatic carbocycles. The van der Waals surface area contributed by atoms with Gasteiger partial charge in [-0.05, 0) is 60.2 Å². The fourth-order valence-corrected chi connectivity index (χ4v) is 4.96. The van der Waals surface area contributed by atoms with Crippen molar-refractivity contribution in [1.29, 1.82) is 5.26 Å². The maximum atomic E-state index is 14.7. The van der Waals surface area contributed by atoms with Crippen molar-refractivity contribution in [2.75, 3.05) is 25.5 Å². The summed E-state index contributed by atoms with van der Waals surface area (Å²) >= 11 is 0. The summed E-state index contributed by atoms with van der Waals surface area (Å²) < 4.78 is 36.5. The fraction of sp³-hybridized carbons (Fsp3) is 0.185. The van der Waals surface area contributed by atoms with Crippen LogP contribution >= 0.6 is 0 Å². The molecule has 174 valence electrons. The zero-order valence-electron chi connectivity index (χ0n) is 18.9. The van der Waals surface area contributed by atoms with Crippen molar-refractivity contribution in [2.24, 2.45) is 0 Å². The molecular weight excluding hydrogens is 448 g/mol. The van der Waals surface area contributed by atoms with Crippen LogP contribution in [0.15, 0.2) is 54.6 Å². The molecule has 0 radical (unpaired) electrons. The summed E-state index contributed by atoms with van der Waals surface area (Å²) in [5.74, 6) is 0.0996. The monoisotopic (exact) mass is 469 g/mol. The molecule has 1 N–H and O–H groups in total. The van der Waals surface area contributed by atoms with E-state index in [0.29, 0.717) is 28.4 Å². The topological polar surface area (TPSA) is 66.1 Å². The molecule has 0 spiro atoms. The normalized spacial score (nSPS) is 16.7. The number of nitrogens with zero attached hydrogens (tertiary/aromatic N) is 4. The van der Waals surface area contributed by atoms with Crippen LogP contribution in [-0.2, 0) is 6.61 Å². The number of benzene rings is 3. The number of likely N-dealkylation sites (N-methyl/N-ethyl adjacent to an activating group) is 1. The molecule has 1 fully saturated rings. The number of anilines is 1. The summed E-state index contributed by atoms with van der Waals surface area (Å²) in [6.45, 7) is 1.78. The highest BCUT2D eigenvalue weighted by molar-refractivity contribution is 5.96. The van der Waals surface area contributed by atoms with Crippen LogP contribution in [0.4, 0.5) is 14.7 Å². The average molecular weight is 469 g/mol. The zero-order chi connectivity index (χ0) is 24.1. The van der Waals surface area contributed by atoms with E-state index >= 15 is 0 Å². The van der Waals surface area contributed by atoms with Crippen LogP contribution in [0.3, 0.4) is 0 Å². The summed E-state index contributed by atoms with van der Waals surface area (Å²) in [5.41, 5.74) is 5.07. The number of hydrogen-bond donors (Lipinski definition) is 1. The Morgan fingerprint density at radius 2 is 1.97 bits per heavy atom. The molecule has 6 rings (SSSR count). The van der Waals surface area contributed by atoms with Crippen LogP contribution in [0.2, 0.25) is 0 Å². The predicted molar refractivity (Wildman–Crippen MR) is 130 cm³/mol. The second kappa shape index (κ2) is 8.22. The van der Waals surface area contributed by atoms with Gasteiger partial charge in [-0.25, -0.2) is 13.8 Å². The molecule has 3 aromatic carbocycles. The molecule has 0 atom stereocenters. The van der Waals surface area contributed by atoms with Crippen LogP contribution in [0.1, 0.15) is 28.3 Å². The Morgan fingerprint density at radius 1 is 1.11 bits per heavy atom. The Kier molecular flexibility index (Phi) is 5.01. The minimum Gasteiger partial charge on any atom is -0.488 e. The maximum Gasteiger partial charge on any atom is 0.217 e. The Morgan fingerprint density at radius 3 is 2.77 bits per heavy atom. The SMILES string of the molecule is CN1CC(n2c(NC#N)nc3cc(C=C4c5ccc(F)cc5OCc5c(F)cccc54)ccc32)C1. The average Bonchev–Trinajstić information content (AvgIpc) is 3.08. The summed E-state index contributed by atoms with van der Waals surface area (Å²) in [7, 11) is 2.05. The van der Waals surface area contributed by atoms with Gasteiger partial charge in [0.1, 0.15) is 24.0 Å². The molecule has 3 heterocycles. The van der Waals surface area contributed by atoms with Gasteiger partial charge < -0.3 is 14.2 Å². The van der Waals surface area contributed by atoms with E-state index < -0.39 is 5.82 Å². The molecule has 2 aliphatic rings. The number of fused-ring (bicyclic) bond motifs is 3. The highest BCUT2D eigenvalue weighted by Gasteiger charge is 2.29. The summed E-state index contributed by atoms with van der Waals surface area (Å²) in [6, 6.07) is 15.4. The lowest BCUT2D eigenvalue weighted by Gasteiger charge is -2.37. The van der Waals surface area contributed by atoms with Crippen molar-refractivity contribution >= 4 is 28.6 Å². The van der Waals surface area contributed by atoms with E-state index in [-0.39, 0.29) is 18.5 Å². The van der Waals surface area contributed by atoms with Crippen molar-refractivity contribution in [3.63, 3.8) is 0 Å². The Hall–Kier alpha value is -4.22. The van der Waals surface area contributed by atoms with Gasteiger partial charge in [0.25, 0.3) is 0 Å². The van der Waals surface area contributed by atoms with E-state index in [9.17, 15) is 14.0 Å². The molecule has 0 bridgehead atoms. The molecule has 0 saturated carbocycles. The predicted octanol–water partition coefficient (Wildman–Crippen LogP) is 5.18. The quantitative estimate of drug-likeness (QED) is 0.331. The number of nitriles is 1. The number of ether oxygens (including phenoxy) is 1. The largest absolute Gasteiger partial charge is 0.488 e. The van der Waals surface area contributed by atoms with E-state index in [2.05, 4.69) is 26.8 Å². The van der Waals surface area contributed by atoms with Gasteiger partial charge in [0.2, 0.25) is 5.95 Å². The third-order valence-corrected chi connectivity index (χ3v) is 6.62.